The summed E-state index contributed by atoms with van der Waals surface area (Å²) >= 11 is 5.92. The molecule has 1 N–H and O–H groups in total. The Balaban J connectivity index is 1.61. The normalized spacial score (nSPS) is 13.8. The summed E-state index contributed by atoms with van der Waals surface area (Å²) in [7, 11) is -3.75. The van der Waals surface area contributed by atoms with Gasteiger partial charge in [0.25, 0.3) is 10.0 Å². The zero-order valence-corrected chi connectivity index (χ0v) is 17.1. The minimum atomic E-state index is -3.75. The molecule has 29 heavy (non-hydrogen) atoms. The van der Waals surface area contributed by atoms with E-state index in [1.807, 2.05) is 30.3 Å². The number of amides is 1. The average molecular weight is 427 g/mol. The third-order valence-electron chi connectivity index (χ3n) is 4.82. The molecule has 1 aliphatic rings. The molecule has 1 aliphatic heterocycles. The summed E-state index contributed by atoms with van der Waals surface area (Å²) in [5, 5.41) is 0.355. The molecule has 0 radical (unpaired) electrons. The Kier molecular flexibility index (Phi) is 5.30. The second-order valence-electron chi connectivity index (χ2n) is 6.87. The van der Waals surface area contributed by atoms with Gasteiger partial charge in [-0.3, -0.25) is 9.52 Å². The fraction of sp³-hybridized carbons (Fsp3) is 0.136. The number of benzene rings is 3. The van der Waals surface area contributed by atoms with Crippen molar-refractivity contribution < 1.29 is 13.2 Å². The van der Waals surface area contributed by atoms with Crippen molar-refractivity contribution in [2.24, 2.45) is 0 Å². The summed E-state index contributed by atoms with van der Waals surface area (Å²) in [5.41, 5.74) is 3.25. The summed E-state index contributed by atoms with van der Waals surface area (Å²) in [6.07, 6.45) is 0.969. The van der Waals surface area contributed by atoms with E-state index in [1.165, 1.54) is 12.1 Å². The van der Waals surface area contributed by atoms with E-state index in [0.29, 0.717) is 30.1 Å². The van der Waals surface area contributed by atoms with Gasteiger partial charge < -0.3 is 4.90 Å². The highest BCUT2D eigenvalue weighted by molar-refractivity contribution is 7.92. The van der Waals surface area contributed by atoms with Crippen LogP contribution in [0.4, 0.5) is 11.4 Å². The number of nitrogens with one attached hydrogen (secondary N) is 1. The van der Waals surface area contributed by atoms with E-state index in [9.17, 15) is 13.2 Å². The van der Waals surface area contributed by atoms with Crippen LogP contribution >= 0.6 is 11.6 Å². The first kappa shape index (κ1) is 19.5. The van der Waals surface area contributed by atoms with Crippen LogP contribution in [0.3, 0.4) is 0 Å². The monoisotopic (exact) mass is 426 g/mol. The van der Waals surface area contributed by atoms with Crippen LogP contribution in [0.2, 0.25) is 5.02 Å². The van der Waals surface area contributed by atoms with E-state index in [0.717, 1.165) is 16.8 Å². The number of nitrogens with zero attached hydrogens (tertiary/aromatic N) is 1. The van der Waals surface area contributed by atoms with E-state index in [1.54, 1.807) is 35.2 Å². The number of anilines is 2. The molecule has 0 atom stereocenters. The molecule has 3 aromatic carbocycles. The van der Waals surface area contributed by atoms with E-state index in [2.05, 4.69) is 4.72 Å². The van der Waals surface area contributed by atoms with Crippen molar-refractivity contribution in [3.63, 3.8) is 0 Å². The lowest BCUT2D eigenvalue weighted by Crippen LogP contribution is -2.34. The predicted molar refractivity (Wildman–Crippen MR) is 115 cm³/mol. The van der Waals surface area contributed by atoms with Gasteiger partial charge in [-0.1, -0.05) is 48.0 Å². The highest BCUT2D eigenvalue weighted by Gasteiger charge is 2.25. The van der Waals surface area contributed by atoms with Crippen LogP contribution in [-0.2, 0) is 27.8 Å². The Morgan fingerprint density at radius 2 is 1.72 bits per heavy atom. The molecule has 148 valence electrons. The molecule has 0 saturated carbocycles. The minimum Gasteiger partial charge on any atom is -0.308 e. The maximum atomic E-state index is 12.6. The van der Waals surface area contributed by atoms with Gasteiger partial charge in [0.1, 0.15) is 0 Å². The molecule has 0 aromatic heterocycles. The Bertz CT molecular complexity index is 1160. The maximum absolute atomic E-state index is 12.6. The van der Waals surface area contributed by atoms with E-state index < -0.39 is 10.0 Å². The predicted octanol–water partition coefficient (Wildman–Crippen LogP) is 4.62. The first-order chi connectivity index (χ1) is 13.9. The Morgan fingerprint density at radius 3 is 2.48 bits per heavy atom. The Labute approximate surface area is 175 Å². The van der Waals surface area contributed by atoms with Crippen LogP contribution in [0.5, 0.6) is 0 Å². The number of fused-ring (bicyclic) bond motifs is 1. The number of carbonyl (C=O) groups is 1. The molecule has 5 nitrogen and oxygen atoms in total. The molecule has 4 rings (SSSR count). The van der Waals surface area contributed by atoms with Crippen LogP contribution < -0.4 is 9.62 Å². The lowest BCUT2D eigenvalue weighted by Gasteiger charge is -2.30. The standard InChI is InChI=1S/C22H19ClN2O3S/c23-18-7-4-8-20(14-18)29(27,28)24-19-10-11-21-17(13-19)9-12-22(26)25(21)15-16-5-2-1-3-6-16/h1-8,10-11,13-14,24H,9,12,15H2. The molecule has 3 aromatic rings. The molecule has 1 heterocycles. The maximum Gasteiger partial charge on any atom is 0.261 e. The lowest BCUT2D eigenvalue weighted by atomic mass is 10.00. The SMILES string of the molecule is O=C1CCc2cc(NS(=O)(=O)c3cccc(Cl)c3)ccc2N1Cc1ccccc1. The topological polar surface area (TPSA) is 66.5 Å². The molecule has 1 amide bonds. The van der Waals surface area contributed by atoms with Crippen LogP contribution in [-0.4, -0.2) is 14.3 Å². The summed E-state index contributed by atoms with van der Waals surface area (Å²) in [4.78, 5) is 14.3. The number of hydrogen-bond acceptors (Lipinski definition) is 3. The number of rotatable bonds is 5. The highest BCUT2D eigenvalue weighted by atomic mass is 35.5. The number of hydrogen-bond donors (Lipinski definition) is 1. The van der Waals surface area contributed by atoms with Gasteiger partial charge in [-0.2, -0.15) is 0 Å². The van der Waals surface area contributed by atoms with Crippen molar-refractivity contribution in [2.75, 3.05) is 9.62 Å². The number of sulfonamides is 1. The summed E-state index contributed by atoms with van der Waals surface area (Å²) in [5.74, 6) is 0.0635. The van der Waals surface area contributed by atoms with Gasteiger partial charge in [-0.15, -0.1) is 0 Å². The molecule has 0 aliphatic carbocycles. The largest absolute Gasteiger partial charge is 0.308 e. The molecule has 7 heteroatoms. The van der Waals surface area contributed by atoms with Gasteiger partial charge in [0.15, 0.2) is 0 Å². The molecule has 0 fully saturated rings. The van der Waals surface area contributed by atoms with Crippen molar-refractivity contribution in [3.8, 4) is 0 Å². The van der Waals surface area contributed by atoms with E-state index >= 15 is 0 Å². The van der Waals surface area contributed by atoms with Crippen LogP contribution in [0.1, 0.15) is 17.5 Å². The minimum absolute atomic E-state index is 0.0635. The molecule has 0 unspecified atom stereocenters. The highest BCUT2D eigenvalue weighted by Crippen LogP contribution is 2.32. The van der Waals surface area contributed by atoms with Crippen LogP contribution in [0, 0.1) is 0 Å². The Morgan fingerprint density at radius 1 is 0.931 bits per heavy atom. The van der Waals surface area contributed by atoms with Crippen molar-refractivity contribution in [1.29, 1.82) is 0 Å². The first-order valence-corrected chi connectivity index (χ1v) is 11.0. The summed E-state index contributed by atoms with van der Waals surface area (Å²) < 4.78 is 27.9. The third-order valence-corrected chi connectivity index (χ3v) is 6.44. The number of carbonyl (C=O) groups excluding carboxylic acids is 1. The van der Waals surface area contributed by atoms with Crippen LogP contribution in [0.25, 0.3) is 0 Å². The number of halogens is 1. The number of aryl methyl sites for hydroxylation is 1. The molecular formula is C22H19ClN2O3S. The molecular weight excluding hydrogens is 408 g/mol. The fourth-order valence-electron chi connectivity index (χ4n) is 3.41. The first-order valence-electron chi connectivity index (χ1n) is 9.18. The second-order valence-corrected chi connectivity index (χ2v) is 8.99. The fourth-order valence-corrected chi connectivity index (χ4v) is 4.76. The molecule has 0 spiro atoms. The van der Waals surface area contributed by atoms with E-state index in [4.69, 9.17) is 11.6 Å². The zero-order valence-electron chi connectivity index (χ0n) is 15.5. The van der Waals surface area contributed by atoms with Gasteiger partial charge in [-0.05, 0) is 53.9 Å². The quantitative estimate of drug-likeness (QED) is 0.647. The lowest BCUT2D eigenvalue weighted by molar-refractivity contribution is -0.119. The average Bonchev–Trinajstić information content (AvgIpc) is 2.71. The summed E-state index contributed by atoms with van der Waals surface area (Å²) in [6, 6.07) is 21.2. The van der Waals surface area contributed by atoms with Gasteiger partial charge in [0.05, 0.1) is 11.4 Å². The Hall–Kier alpha value is -2.83. The van der Waals surface area contributed by atoms with Gasteiger partial charge >= 0.3 is 0 Å². The summed E-state index contributed by atoms with van der Waals surface area (Å²) in [6.45, 7) is 0.486. The van der Waals surface area contributed by atoms with E-state index in [-0.39, 0.29) is 10.8 Å². The molecule has 0 saturated heterocycles. The van der Waals surface area contributed by atoms with Gasteiger partial charge in [-0.25, -0.2) is 8.42 Å². The third kappa shape index (κ3) is 4.28. The smallest absolute Gasteiger partial charge is 0.261 e. The van der Waals surface area contributed by atoms with Gasteiger partial charge in [0.2, 0.25) is 5.91 Å². The van der Waals surface area contributed by atoms with Crippen molar-refractivity contribution in [2.45, 2.75) is 24.3 Å². The van der Waals surface area contributed by atoms with Gasteiger partial charge in [0, 0.05) is 22.8 Å². The second kappa shape index (κ2) is 7.89. The molecule has 0 bridgehead atoms. The zero-order chi connectivity index (χ0) is 20.4. The van der Waals surface area contributed by atoms with Crippen molar-refractivity contribution in [1.82, 2.24) is 0 Å². The van der Waals surface area contributed by atoms with Crippen molar-refractivity contribution in [3.05, 3.63) is 88.9 Å². The van der Waals surface area contributed by atoms with Crippen LogP contribution in [0.15, 0.2) is 77.7 Å². The van der Waals surface area contributed by atoms with Crippen molar-refractivity contribution >= 4 is 38.9 Å².